The number of hydrogen-bond acceptors (Lipinski definition) is 6. The molecule has 3 aromatic carbocycles. The number of amides is 2. The molecule has 0 saturated carbocycles. The summed E-state index contributed by atoms with van der Waals surface area (Å²) in [4.78, 5) is 28.5. The van der Waals surface area contributed by atoms with Gasteiger partial charge in [-0.2, -0.15) is 0 Å². The van der Waals surface area contributed by atoms with Crippen LogP contribution < -0.4 is 20.5 Å². The number of rotatable bonds is 8. The topological polar surface area (TPSA) is 151 Å². The maximum atomic E-state index is 12.3. The Labute approximate surface area is 197 Å². The minimum Gasteiger partial charge on any atom is -0.273 e. The molecule has 4 N–H and O–H groups in total. The third kappa shape index (κ3) is 6.26. The number of carbonyl (C=O) groups is 2. The fourth-order valence-electron chi connectivity index (χ4n) is 2.70. The second-order valence-corrected chi connectivity index (χ2v) is 10.7. The van der Waals surface area contributed by atoms with Gasteiger partial charge in [0, 0.05) is 11.1 Å². The van der Waals surface area contributed by atoms with E-state index >= 15 is 0 Å². The molecule has 0 radical (unpaired) electrons. The van der Waals surface area contributed by atoms with E-state index in [0.29, 0.717) is 0 Å². The maximum absolute atomic E-state index is 12.3. The van der Waals surface area contributed by atoms with Gasteiger partial charge in [-0.1, -0.05) is 35.4 Å². The van der Waals surface area contributed by atoms with Gasteiger partial charge in [-0.3, -0.25) is 20.4 Å². The molecule has 0 spiro atoms. The Morgan fingerprint density at radius 2 is 0.824 bits per heavy atom. The first kappa shape index (κ1) is 25.1. The Hall–Kier alpha value is -3.58. The van der Waals surface area contributed by atoms with E-state index in [2.05, 4.69) is 10.9 Å². The molecule has 0 aliphatic heterocycles. The lowest BCUT2D eigenvalue weighted by atomic mass is 10.1. The van der Waals surface area contributed by atoms with Gasteiger partial charge in [-0.15, -0.1) is 9.66 Å². The predicted molar refractivity (Wildman–Crippen MR) is 124 cm³/mol. The van der Waals surface area contributed by atoms with E-state index in [0.717, 1.165) is 11.1 Å². The van der Waals surface area contributed by atoms with Crippen molar-refractivity contribution in [2.24, 2.45) is 0 Å². The summed E-state index contributed by atoms with van der Waals surface area (Å²) in [5, 5.41) is 0. The van der Waals surface area contributed by atoms with Crippen molar-refractivity contribution in [2.45, 2.75) is 23.6 Å². The number of carbonyl (C=O) groups excluding carboxylic acids is 2. The number of sulfonamides is 2. The highest BCUT2D eigenvalue weighted by molar-refractivity contribution is 7.89. The van der Waals surface area contributed by atoms with Crippen molar-refractivity contribution >= 4 is 31.9 Å². The van der Waals surface area contributed by atoms with Crippen molar-refractivity contribution in [1.82, 2.24) is 20.5 Å². The van der Waals surface area contributed by atoms with Crippen LogP contribution in [0.1, 0.15) is 31.8 Å². The number of benzene rings is 3. The summed E-state index contributed by atoms with van der Waals surface area (Å²) in [6.45, 7) is 3.63. The molecule has 0 bridgehead atoms. The van der Waals surface area contributed by atoms with Crippen LogP contribution in [0.5, 0.6) is 0 Å². The van der Waals surface area contributed by atoms with Crippen molar-refractivity contribution in [1.29, 1.82) is 0 Å². The number of hydrazine groups is 2. The first-order valence-electron chi connectivity index (χ1n) is 9.86. The molecular weight excluding hydrogens is 480 g/mol. The molecule has 10 nitrogen and oxygen atoms in total. The molecule has 178 valence electrons. The van der Waals surface area contributed by atoms with Gasteiger partial charge in [0.25, 0.3) is 31.9 Å². The molecule has 0 atom stereocenters. The summed E-state index contributed by atoms with van der Waals surface area (Å²) in [5.41, 5.74) is 6.11. The Kier molecular flexibility index (Phi) is 7.47. The van der Waals surface area contributed by atoms with Crippen LogP contribution in [0.15, 0.2) is 82.6 Å². The first-order valence-corrected chi connectivity index (χ1v) is 12.8. The van der Waals surface area contributed by atoms with Crippen molar-refractivity contribution < 1.29 is 26.4 Å². The van der Waals surface area contributed by atoms with Crippen LogP contribution in [0.25, 0.3) is 0 Å². The van der Waals surface area contributed by atoms with Crippen molar-refractivity contribution in [3.05, 3.63) is 95.1 Å². The van der Waals surface area contributed by atoms with Crippen LogP contribution in [0.3, 0.4) is 0 Å². The molecule has 0 heterocycles. The molecule has 2 amide bonds. The smallest absolute Gasteiger partial charge is 0.266 e. The summed E-state index contributed by atoms with van der Waals surface area (Å²) in [6, 6.07) is 17.3. The van der Waals surface area contributed by atoms with Crippen LogP contribution in [0.4, 0.5) is 0 Å². The van der Waals surface area contributed by atoms with Crippen LogP contribution >= 0.6 is 0 Å². The molecule has 0 unspecified atom stereocenters. The Balaban J connectivity index is 1.58. The predicted octanol–water partition coefficient (Wildman–Crippen LogP) is 1.55. The van der Waals surface area contributed by atoms with Crippen molar-refractivity contribution in [2.75, 3.05) is 0 Å². The highest BCUT2D eigenvalue weighted by atomic mass is 32.2. The van der Waals surface area contributed by atoms with E-state index < -0.39 is 31.9 Å². The minimum absolute atomic E-state index is 0.0153. The summed E-state index contributed by atoms with van der Waals surface area (Å²) in [7, 11) is -7.92. The number of nitrogens with one attached hydrogen (secondary N) is 4. The quantitative estimate of drug-likeness (QED) is 0.343. The molecule has 0 fully saturated rings. The van der Waals surface area contributed by atoms with Gasteiger partial charge in [0.2, 0.25) is 0 Å². The normalized spacial score (nSPS) is 11.6. The summed E-state index contributed by atoms with van der Waals surface area (Å²) < 4.78 is 49.0. The summed E-state index contributed by atoms with van der Waals surface area (Å²) >= 11 is 0. The second kappa shape index (κ2) is 10.1. The van der Waals surface area contributed by atoms with Crippen LogP contribution in [-0.4, -0.2) is 28.6 Å². The van der Waals surface area contributed by atoms with Gasteiger partial charge < -0.3 is 0 Å². The van der Waals surface area contributed by atoms with Crippen molar-refractivity contribution in [3.63, 3.8) is 0 Å². The lowest BCUT2D eigenvalue weighted by Crippen LogP contribution is -2.42. The zero-order valence-electron chi connectivity index (χ0n) is 18.2. The lowest BCUT2D eigenvalue weighted by molar-refractivity contribution is 0.0934. The van der Waals surface area contributed by atoms with E-state index in [1.807, 2.05) is 23.5 Å². The molecule has 34 heavy (non-hydrogen) atoms. The zero-order valence-corrected chi connectivity index (χ0v) is 19.8. The van der Waals surface area contributed by atoms with Crippen LogP contribution in [0, 0.1) is 13.8 Å². The van der Waals surface area contributed by atoms with Crippen LogP contribution in [0.2, 0.25) is 0 Å². The third-order valence-corrected chi connectivity index (χ3v) is 7.20. The Bertz CT molecular complexity index is 1290. The molecular formula is C22H22N4O6S2. The largest absolute Gasteiger partial charge is 0.273 e. The summed E-state index contributed by atoms with van der Waals surface area (Å²) in [6.07, 6.45) is 0. The van der Waals surface area contributed by atoms with E-state index in [1.54, 1.807) is 24.3 Å². The van der Waals surface area contributed by atoms with Gasteiger partial charge in [0.05, 0.1) is 9.79 Å². The molecule has 0 saturated heterocycles. The fourth-order valence-corrected chi connectivity index (χ4v) is 4.38. The standard InChI is InChI=1S/C22H22N4O6S2/c1-15-3-11-19(12-4-15)33(29,30)25-23-21(27)17-7-9-18(10-8-17)22(28)24-26-34(31,32)20-13-5-16(2)6-14-20/h3-14,25-26H,1-2H3,(H,23,27)(H,24,28). The lowest BCUT2D eigenvalue weighted by Gasteiger charge is -2.10. The summed E-state index contributed by atoms with van der Waals surface area (Å²) in [5.74, 6) is -1.49. The first-order chi connectivity index (χ1) is 16.0. The van der Waals surface area contributed by atoms with Gasteiger partial charge in [0.1, 0.15) is 0 Å². The van der Waals surface area contributed by atoms with E-state index in [-0.39, 0.29) is 20.9 Å². The average molecular weight is 503 g/mol. The Morgan fingerprint density at radius 3 is 1.12 bits per heavy atom. The number of aryl methyl sites for hydroxylation is 2. The average Bonchev–Trinajstić information content (AvgIpc) is 2.82. The third-order valence-electron chi connectivity index (χ3n) is 4.67. The van der Waals surface area contributed by atoms with Gasteiger partial charge in [0.15, 0.2) is 0 Å². The highest BCUT2D eigenvalue weighted by Gasteiger charge is 2.17. The highest BCUT2D eigenvalue weighted by Crippen LogP contribution is 2.11. The van der Waals surface area contributed by atoms with Gasteiger partial charge in [-0.05, 0) is 62.4 Å². The second-order valence-electron chi connectivity index (χ2n) is 7.32. The Morgan fingerprint density at radius 1 is 0.529 bits per heavy atom. The molecule has 0 aromatic heterocycles. The van der Waals surface area contributed by atoms with E-state index in [1.165, 1.54) is 48.5 Å². The van der Waals surface area contributed by atoms with E-state index in [9.17, 15) is 26.4 Å². The molecule has 0 aliphatic carbocycles. The monoisotopic (exact) mass is 502 g/mol. The molecule has 3 rings (SSSR count). The van der Waals surface area contributed by atoms with E-state index in [4.69, 9.17) is 0 Å². The molecule has 3 aromatic rings. The zero-order chi connectivity index (χ0) is 24.9. The maximum Gasteiger partial charge on any atom is 0.266 e. The van der Waals surface area contributed by atoms with Gasteiger partial charge in [-0.25, -0.2) is 16.8 Å². The fraction of sp³-hybridized carbons (Fsp3) is 0.0909. The van der Waals surface area contributed by atoms with Crippen molar-refractivity contribution in [3.8, 4) is 0 Å². The SMILES string of the molecule is Cc1ccc(S(=O)(=O)NNC(=O)c2ccc(C(=O)NNS(=O)(=O)c3ccc(C)cc3)cc2)cc1. The van der Waals surface area contributed by atoms with Crippen LogP contribution in [-0.2, 0) is 20.0 Å². The molecule has 0 aliphatic rings. The minimum atomic E-state index is -3.96. The number of hydrogen-bond donors (Lipinski definition) is 4. The molecule has 12 heteroatoms. The van der Waals surface area contributed by atoms with Gasteiger partial charge >= 0.3 is 0 Å².